The lowest BCUT2D eigenvalue weighted by atomic mass is 9.89. The number of nitrogens with zero attached hydrogens (tertiary/aromatic N) is 2. The number of aliphatic imine (C=N–C) groups is 2. The first-order valence-electron chi connectivity index (χ1n) is 12.8. The van der Waals surface area contributed by atoms with E-state index in [1.54, 1.807) is 13.0 Å². The van der Waals surface area contributed by atoms with E-state index < -0.39 is 11.4 Å². The second-order valence-corrected chi connectivity index (χ2v) is 10.5. The van der Waals surface area contributed by atoms with Crippen molar-refractivity contribution in [3.05, 3.63) is 106 Å². The molecule has 6 rings (SSSR count). The molecular weight excluding hydrogens is 524 g/mol. The van der Waals surface area contributed by atoms with Gasteiger partial charge in [-0.3, -0.25) is 4.79 Å². The Bertz CT molecular complexity index is 1730. The van der Waals surface area contributed by atoms with Crippen LogP contribution in [0.4, 0.5) is 11.4 Å². The van der Waals surface area contributed by atoms with Crippen molar-refractivity contribution in [2.45, 2.75) is 24.7 Å². The summed E-state index contributed by atoms with van der Waals surface area (Å²) in [5.41, 5.74) is 12.6. The molecule has 1 aliphatic carbocycles. The van der Waals surface area contributed by atoms with Gasteiger partial charge in [0.15, 0.2) is 0 Å². The van der Waals surface area contributed by atoms with Gasteiger partial charge in [-0.15, -0.1) is 0 Å². The van der Waals surface area contributed by atoms with Crippen molar-refractivity contribution < 1.29 is 14.7 Å². The summed E-state index contributed by atoms with van der Waals surface area (Å²) in [5.74, 6) is -1.14. The lowest BCUT2D eigenvalue weighted by Crippen LogP contribution is -2.21. The van der Waals surface area contributed by atoms with E-state index >= 15 is 0 Å². The quantitative estimate of drug-likeness (QED) is 0.183. The molecule has 40 heavy (non-hydrogen) atoms. The van der Waals surface area contributed by atoms with Gasteiger partial charge in [0.2, 0.25) is 5.91 Å². The molecule has 2 unspecified atom stereocenters. The average molecular weight is 549 g/mol. The molecule has 1 aliphatic heterocycles. The summed E-state index contributed by atoms with van der Waals surface area (Å²) in [6.45, 7) is 1.77. The number of carboxylic acid groups (broad SMARTS) is 1. The number of amides is 1. The van der Waals surface area contributed by atoms with E-state index in [-0.39, 0.29) is 17.4 Å². The largest absolute Gasteiger partial charge is 0.478 e. The maximum atomic E-state index is 13.3. The van der Waals surface area contributed by atoms with E-state index in [2.05, 4.69) is 15.3 Å². The highest BCUT2D eigenvalue weighted by molar-refractivity contribution is 6.34. The molecule has 2 aliphatic rings. The van der Waals surface area contributed by atoms with Crippen molar-refractivity contribution in [2.24, 2.45) is 15.7 Å². The van der Waals surface area contributed by atoms with Gasteiger partial charge in [0.25, 0.3) is 0 Å². The van der Waals surface area contributed by atoms with Gasteiger partial charge in [-0.25, -0.2) is 14.8 Å². The van der Waals surface area contributed by atoms with Crippen LogP contribution in [0, 0.1) is 6.92 Å². The molecule has 0 radical (unpaired) electrons. The molecule has 0 bridgehead atoms. The van der Waals surface area contributed by atoms with E-state index in [1.807, 2.05) is 72.8 Å². The Hall–Kier alpha value is -4.75. The minimum atomic E-state index is -0.968. The van der Waals surface area contributed by atoms with Crippen LogP contribution in [0.25, 0.3) is 22.3 Å². The smallest absolute Gasteiger partial charge is 0.335 e. The summed E-state index contributed by atoms with van der Waals surface area (Å²) < 4.78 is 0. The Kier molecular flexibility index (Phi) is 6.24. The number of fused-ring (bicyclic) bond motifs is 2. The van der Waals surface area contributed by atoms with Crippen LogP contribution in [0.5, 0.6) is 0 Å². The zero-order valence-electron chi connectivity index (χ0n) is 21.6. The molecule has 198 valence electrons. The Morgan fingerprint density at radius 1 is 1.02 bits per heavy atom. The standard InChI is InChI=1S/C32H25ClN4O3/c1-18-2-3-22(12-24(18)30(38)39)27-15-32(27)26-13-25(28(33)14-29(26)37-31(32)40)21-6-4-19(5-7-21)20-8-10-23(11-9-20)36-17-35-16-34/h2-14,16-17,27H,15H2,1H3,(H,37,40)(H,38,39)(H2,34,35,36). The van der Waals surface area contributed by atoms with Crippen molar-refractivity contribution in [1.82, 2.24) is 0 Å². The maximum Gasteiger partial charge on any atom is 0.335 e. The van der Waals surface area contributed by atoms with Gasteiger partial charge in [-0.2, -0.15) is 0 Å². The summed E-state index contributed by atoms with van der Waals surface area (Å²) in [6.07, 6.45) is 3.20. The molecule has 2 atom stereocenters. The van der Waals surface area contributed by atoms with Crippen LogP contribution in [0.2, 0.25) is 5.02 Å². The number of aryl methyl sites for hydroxylation is 1. The third-order valence-electron chi connectivity index (χ3n) is 7.85. The zero-order valence-corrected chi connectivity index (χ0v) is 22.3. The number of carbonyl (C=O) groups excluding carboxylic acids is 1. The highest BCUT2D eigenvalue weighted by Gasteiger charge is 2.65. The number of halogens is 1. The summed E-state index contributed by atoms with van der Waals surface area (Å²) >= 11 is 6.71. The molecule has 1 amide bonds. The first-order valence-corrected chi connectivity index (χ1v) is 13.2. The predicted molar refractivity (Wildman–Crippen MR) is 159 cm³/mol. The topological polar surface area (TPSA) is 117 Å². The molecule has 0 aromatic heterocycles. The molecule has 7 nitrogen and oxygen atoms in total. The Morgan fingerprint density at radius 2 is 1.70 bits per heavy atom. The van der Waals surface area contributed by atoms with Gasteiger partial charge in [-0.1, -0.05) is 60.1 Å². The predicted octanol–water partition coefficient (Wildman–Crippen LogP) is 6.70. The van der Waals surface area contributed by atoms with Crippen LogP contribution in [0.15, 0.2) is 88.8 Å². The molecule has 8 heteroatoms. The van der Waals surface area contributed by atoms with Crippen molar-refractivity contribution in [3.63, 3.8) is 0 Å². The third kappa shape index (κ3) is 4.25. The zero-order chi connectivity index (χ0) is 28.0. The van der Waals surface area contributed by atoms with Crippen LogP contribution in [0.3, 0.4) is 0 Å². The SMILES string of the molecule is Cc1ccc(C2CC23C(=O)Nc2cc(Cl)c(-c4ccc(-c5ccc(N=CN=CN)cc5)cc4)cc23)cc1C(=O)O. The molecule has 4 N–H and O–H groups in total. The number of hydrogen-bond donors (Lipinski definition) is 3. The van der Waals surface area contributed by atoms with Crippen molar-refractivity contribution >= 4 is 47.5 Å². The van der Waals surface area contributed by atoms with Gasteiger partial charge in [0, 0.05) is 17.2 Å². The van der Waals surface area contributed by atoms with Crippen LogP contribution in [0.1, 0.15) is 39.4 Å². The molecular formula is C32H25ClN4O3. The first kappa shape index (κ1) is 25.5. The summed E-state index contributed by atoms with van der Waals surface area (Å²) in [7, 11) is 0. The van der Waals surface area contributed by atoms with E-state index in [0.29, 0.717) is 22.7 Å². The fourth-order valence-electron chi connectivity index (χ4n) is 5.64. The number of nitrogens with one attached hydrogen (secondary N) is 1. The Balaban J connectivity index is 1.30. The molecule has 1 saturated carbocycles. The number of aromatic carboxylic acids is 1. The average Bonchev–Trinajstić information content (AvgIpc) is 3.64. The molecule has 1 spiro atoms. The minimum absolute atomic E-state index is 0.0730. The van der Waals surface area contributed by atoms with E-state index in [9.17, 15) is 14.7 Å². The van der Waals surface area contributed by atoms with Gasteiger partial charge < -0.3 is 16.2 Å². The molecule has 0 saturated heterocycles. The molecule has 1 heterocycles. The third-order valence-corrected chi connectivity index (χ3v) is 8.17. The van der Waals surface area contributed by atoms with Crippen molar-refractivity contribution in [1.29, 1.82) is 0 Å². The van der Waals surface area contributed by atoms with E-state index in [1.165, 1.54) is 12.7 Å². The van der Waals surface area contributed by atoms with Crippen LogP contribution in [-0.4, -0.2) is 29.7 Å². The molecule has 1 fully saturated rings. The lowest BCUT2D eigenvalue weighted by molar-refractivity contribution is -0.118. The number of hydrogen-bond acceptors (Lipinski definition) is 3. The Morgan fingerprint density at radius 3 is 2.38 bits per heavy atom. The number of carboxylic acids is 1. The molecule has 4 aromatic rings. The second kappa shape index (κ2) is 9.77. The monoisotopic (exact) mass is 548 g/mol. The van der Waals surface area contributed by atoms with E-state index in [4.69, 9.17) is 17.3 Å². The first-order chi connectivity index (χ1) is 19.3. The van der Waals surface area contributed by atoms with E-state index in [0.717, 1.165) is 39.1 Å². The fraction of sp³-hybridized carbons (Fsp3) is 0.125. The van der Waals surface area contributed by atoms with Crippen molar-refractivity contribution in [2.75, 3.05) is 5.32 Å². The van der Waals surface area contributed by atoms with Gasteiger partial charge >= 0.3 is 5.97 Å². The van der Waals surface area contributed by atoms with Crippen LogP contribution < -0.4 is 11.1 Å². The normalized spacial score (nSPS) is 19.4. The van der Waals surface area contributed by atoms with Crippen LogP contribution >= 0.6 is 11.6 Å². The number of benzene rings is 4. The summed E-state index contributed by atoms with van der Waals surface area (Å²) in [6, 6.07) is 25.2. The minimum Gasteiger partial charge on any atom is -0.478 e. The lowest BCUT2D eigenvalue weighted by Gasteiger charge is -2.13. The van der Waals surface area contributed by atoms with Crippen LogP contribution in [-0.2, 0) is 10.2 Å². The maximum absolute atomic E-state index is 13.3. The fourth-order valence-corrected chi connectivity index (χ4v) is 5.92. The number of nitrogens with two attached hydrogens (primary N) is 1. The number of rotatable bonds is 6. The highest BCUT2D eigenvalue weighted by Crippen LogP contribution is 2.65. The van der Waals surface area contributed by atoms with Crippen molar-refractivity contribution in [3.8, 4) is 22.3 Å². The van der Waals surface area contributed by atoms with Gasteiger partial charge in [-0.05, 0) is 77.1 Å². The molecule has 4 aromatic carbocycles. The second-order valence-electron chi connectivity index (χ2n) is 10.1. The van der Waals surface area contributed by atoms with Gasteiger partial charge in [0.05, 0.1) is 28.0 Å². The summed E-state index contributed by atoms with van der Waals surface area (Å²) in [4.78, 5) is 32.9. The summed E-state index contributed by atoms with van der Waals surface area (Å²) in [5, 5.41) is 13.1. The van der Waals surface area contributed by atoms with Gasteiger partial charge in [0.1, 0.15) is 6.34 Å². The number of anilines is 1. The Labute approximate surface area is 236 Å². The highest BCUT2D eigenvalue weighted by atomic mass is 35.5. The number of carbonyl (C=O) groups is 2.